The molecule has 8 heteroatoms. The minimum atomic E-state index is -0.664. The number of aromatic nitrogens is 1. The fourth-order valence-electron chi connectivity index (χ4n) is 3.51. The number of hydrogen-bond donors (Lipinski definition) is 3. The van der Waals surface area contributed by atoms with E-state index in [0.29, 0.717) is 32.0 Å². The number of nitrogens with one attached hydrogen (secondary N) is 2. The molecule has 8 nitrogen and oxygen atoms in total. The topological polar surface area (TPSA) is 90.0 Å². The molecule has 1 aromatic carbocycles. The molecule has 162 valence electrons. The zero-order chi connectivity index (χ0) is 21.3. The van der Waals surface area contributed by atoms with Crippen LogP contribution in [0.15, 0.2) is 48.7 Å². The molecule has 2 heterocycles. The van der Waals surface area contributed by atoms with E-state index in [2.05, 4.69) is 20.5 Å². The molecule has 1 aromatic heterocycles. The first-order valence-electron chi connectivity index (χ1n) is 10.2. The standard InChI is InChI=1S/C22H31N5O3/c1-26(2)16-18(21(28)17-6-4-3-5-7-17)14-24-22(29)25-19-8-9-20(23-15-19)27-10-12-30-13-11-27/h3-9,15,18,21,28H,10-14,16H2,1-2H3,(H2,24,25,29)/t18-,21-/m1/s1. The highest BCUT2D eigenvalue weighted by Crippen LogP contribution is 2.22. The van der Waals surface area contributed by atoms with Crippen LogP contribution in [0.25, 0.3) is 0 Å². The van der Waals surface area contributed by atoms with E-state index in [0.717, 1.165) is 24.5 Å². The van der Waals surface area contributed by atoms with Gasteiger partial charge in [0.25, 0.3) is 0 Å². The van der Waals surface area contributed by atoms with Gasteiger partial charge in [0.2, 0.25) is 0 Å². The molecule has 0 spiro atoms. The number of pyridine rings is 1. The summed E-state index contributed by atoms with van der Waals surface area (Å²) in [6.45, 7) is 4.03. The van der Waals surface area contributed by atoms with Gasteiger partial charge in [0, 0.05) is 32.1 Å². The van der Waals surface area contributed by atoms with Gasteiger partial charge in [-0.3, -0.25) is 0 Å². The summed E-state index contributed by atoms with van der Waals surface area (Å²) >= 11 is 0. The van der Waals surface area contributed by atoms with Crippen molar-refractivity contribution in [2.45, 2.75) is 6.10 Å². The summed E-state index contributed by atoms with van der Waals surface area (Å²) in [6, 6.07) is 12.9. The molecule has 2 amide bonds. The lowest BCUT2D eigenvalue weighted by atomic mass is 9.95. The molecule has 0 saturated carbocycles. The quantitative estimate of drug-likeness (QED) is 0.613. The smallest absolute Gasteiger partial charge is 0.319 e. The number of carbonyl (C=O) groups is 1. The first-order valence-corrected chi connectivity index (χ1v) is 10.2. The molecule has 1 fully saturated rings. The zero-order valence-electron chi connectivity index (χ0n) is 17.6. The van der Waals surface area contributed by atoms with Crippen LogP contribution in [0.1, 0.15) is 11.7 Å². The normalized spacial score (nSPS) is 16.2. The number of ether oxygens (including phenoxy) is 1. The average molecular weight is 414 g/mol. The Labute approximate surface area is 177 Å². The number of carbonyl (C=O) groups excluding carboxylic acids is 1. The minimum absolute atomic E-state index is 0.144. The Morgan fingerprint density at radius 2 is 1.93 bits per heavy atom. The van der Waals surface area contributed by atoms with Gasteiger partial charge in [0.05, 0.1) is 31.2 Å². The molecule has 3 N–H and O–H groups in total. The summed E-state index contributed by atoms with van der Waals surface area (Å²) in [5.74, 6) is 0.733. The van der Waals surface area contributed by atoms with Crippen molar-refractivity contribution in [3.8, 4) is 0 Å². The van der Waals surface area contributed by atoms with E-state index in [1.165, 1.54) is 0 Å². The monoisotopic (exact) mass is 413 g/mol. The molecular weight excluding hydrogens is 382 g/mol. The van der Waals surface area contributed by atoms with Crippen molar-refractivity contribution < 1.29 is 14.6 Å². The van der Waals surface area contributed by atoms with Crippen LogP contribution in [0, 0.1) is 5.92 Å². The number of aliphatic hydroxyl groups excluding tert-OH is 1. The molecule has 1 saturated heterocycles. The largest absolute Gasteiger partial charge is 0.388 e. The number of urea groups is 1. The molecular formula is C22H31N5O3. The Morgan fingerprint density at radius 3 is 2.57 bits per heavy atom. The molecule has 2 aromatic rings. The summed E-state index contributed by atoms with van der Waals surface area (Å²) in [6.07, 6.45) is 0.990. The average Bonchev–Trinajstić information content (AvgIpc) is 2.77. The number of hydrogen-bond acceptors (Lipinski definition) is 6. The van der Waals surface area contributed by atoms with E-state index >= 15 is 0 Å². The fraction of sp³-hybridized carbons (Fsp3) is 0.455. The number of aliphatic hydroxyl groups is 1. The van der Waals surface area contributed by atoms with Crippen LogP contribution in [-0.4, -0.2) is 74.5 Å². The van der Waals surface area contributed by atoms with Gasteiger partial charge < -0.3 is 30.3 Å². The lowest BCUT2D eigenvalue weighted by Gasteiger charge is -2.28. The predicted molar refractivity (Wildman–Crippen MR) is 118 cm³/mol. The molecule has 0 bridgehead atoms. The maximum atomic E-state index is 12.4. The number of rotatable bonds is 8. The van der Waals surface area contributed by atoms with Gasteiger partial charge in [-0.15, -0.1) is 0 Å². The van der Waals surface area contributed by atoms with Crippen molar-refractivity contribution in [3.05, 3.63) is 54.2 Å². The number of anilines is 2. The van der Waals surface area contributed by atoms with E-state index < -0.39 is 6.10 Å². The van der Waals surface area contributed by atoms with Gasteiger partial charge in [-0.05, 0) is 31.8 Å². The van der Waals surface area contributed by atoms with Crippen LogP contribution >= 0.6 is 0 Å². The molecule has 0 aliphatic carbocycles. The van der Waals surface area contributed by atoms with Crippen LogP contribution in [-0.2, 0) is 4.74 Å². The van der Waals surface area contributed by atoms with E-state index in [4.69, 9.17) is 4.74 Å². The highest BCUT2D eigenvalue weighted by Gasteiger charge is 2.22. The van der Waals surface area contributed by atoms with Gasteiger partial charge in [-0.1, -0.05) is 30.3 Å². The van der Waals surface area contributed by atoms with Gasteiger partial charge in [-0.25, -0.2) is 9.78 Å². The SMILES string of the molecule is CN(C)C[C@@H](CNC(=O)Nc1ccc(N2CCOCC2)nc1)[C@H](O)c1ccccc1. The van der Waals surface area contributed by atoms with Crippen LogP contribution in [0.2, 0.25) is 0 Å². The van der Waals surface area contributed by atoms with E-state index in [-0.39, 0.29) is 11.9 Å². The fourth-order valence-corrected chi connectivity index (χ4v) is 3.51. The summed E-state index contributed by atoms with van der Waals surface area (Å²) in [5.41, 5.74) is 1.46. The number of nitrogens with zero attached hydrogens (tertiary/aromatic N) is 3. The summed E-state index contributed by atoms with van der Waals surface area (Å²) < 4.78 is 5.36. The maximum Gasteiger partial charge on any atom is 0.319 e. The summed E-state index contributed by atoms with van der Waals surface area (Å²) in [4.78, 5) is 21.0. The number of benzene rings is 1. The molecule has 2 atom stereocenters. The van der Waals surface area contributed by atoms with Crippen LogP contribution in [0.4, 0.5) is 16.3 Å². The Morgan fingerprint density at radius 1 is 1.20 bits per heavy atom. The van der Waals surface area contributed by atoms with E-state index in [1.54, 1.807) is 6.20 Å². The van der Waals surface area contributed by atoms with Gasteiger partial charge in [-0.2, -0.15) is 0 Å². The van der Waals surface area contributed by atoms with Gasteiger partial charge in [0.15, 0.2) is 0 Å². The molecule has 0 radical (unpaired) electrons. The second kappa shape index (κ2) is 10.9. The minimum Gasteiger partial charge on any atom is -0.388 e. The highest BCUT2D eigenvalue weighted by molar-refractivity contribution is 5.89. The highest BCUT2D eigenvalue weighted by atomic mass is 16.5. The van der Waals surface area contributed by atoms with Crippen molar-refractivity contribution in [1.29, 1.82) is 0 Å². The third kappa shape index (κ3) is 6.41. The first-order chi connectivity index (χ1) is 14.5. The summed E-state index contributed by atoms with van der Waals surface area (Å²) in [7, 11) is 3.90. The van der Waals surface area contributed by atoms with E-state index in [9.17, 15) is 9.90 Å². The van der Waals surface area contributed by atoms with Gasteiger partial charge >= 0.3 is 6.03 Å². The van der Waals surface area contributed by atoms with Crippen LogP contribution < -0.4 is 15.5 Å². The van der Waals surface area contributed by atoms with Crippen molar-refractivity contribution in [2.24, 2.45) is 5.92 Å². The Balaban J connectivity index is 1.53. The Kier molecular flexibility index (Phi) is 8.01. The molecule has 0 unspecified atom stereocenters. The van der Waals surface area contributed by atoms with Crippen molar-refractivity contribution in [3.63, 3.8) is 0 Å². The molecule has 1 aliphatic heterocycles. The molecule has 30 heavy (non-hydrogen) atoms. The molecule has 1 aliphatic rings. The summed E-state index contributed by atoms with van der Waals surface area (Å²) in [5, 5.41) is 16.4. The lowest BCUT2D eigenvalue weighted by Crippen LogP contribution is -2.39. The van der Waals surface area contributed by atoms with Crippen LogP contribution in [0.3, 0.4) is 0 Å². The maximum absolute atomic E-state index is 12.4. The second-order valence-corrected chi connectivity index (χ2v) is 7.72. The third-order valence-corrected chi connectivity index (χ3v) is 5.05. The van der Waals surface area contributed by atoms with Crippen molar-refractivity contribution in [2.75, 3.05) is 63.7 Å². The van der Waals surface area contributed by atoms with Crippen molar-refractivity contribution >= 4 is 17.5 Å². The first kappa shape index (κ1) is 22.0. The number of amides is 2. The Hall–Kier alpha value is -2.68. The molecule has 3 rings (SSSR count). The third-order valence-electron chi connectivity index (χ3n) is 5.05. The zero-order valence-corrected chi connectivity index (χ0v) is 17.6. The van der Waals surface area contributed by atoms with Crippen molar-refractivity contribution in [1.82, 2.24) is 15.2 Å². The predicted octanol–water partition coefficient (Wildman–Crippen LogP) is 1.95. The van der Waals surface area contributed by atoms with E-state index in [1.807, 2.05) is 61.5 Å². The second-order valence-electron chi connectivity index (χ2n) is 7.72. The van der Waals surface area contributed by atoms with Gasteiger partial charge in [0.1, 0.15) is 5.82 Å². The lowest BCUT2D eigenvalue weighted by molar-refractivity contribution is 0.0911. The van der Waals surface area contributed by atoms with Crippen LogP contribution in [0.5, 0.6) is 0 Å². The Bertz CT molecular complexity index is 779. The number of morpholine rings is 1.